The van der Waals surface area contributed by atoms with E-state index in [9.17, 15) is 18.5 Å². The second-order valence-corrected chi connectivity index (χ2v) is 6.80. The predicted octanol–water partition coefficient (Wildman–Crippen LogP) is 2.42. The highest BCUT2D eigenvalue weighted by atomic mass is 35.7. The zero-order chi connectivity index (χ0) is 14.9. The molecule has 0 atom stereocenters. The number of nitro groups is 1. The Morgan fingerprint density at radius 2 is 2.10 bits per heavy atom. The third-order valence-corrected chi connectivity index (χ3v) is 3.88. The van der Waals surface area contributed by atoms with E-state index >= 15 is 0 Å². The lowest BCUT2D eigenvalue weighted by molar-refractivity contribution is -0.385. The zero-order valence-corrected chi connectivity index (χ0v) is 12.1. The van der Waals surface area contributed by atoms with Crippen molar-refractivity contribution in [2.45, 2.75) is 11.6 Å². The zero-order valence-electron chi connectivity index (χ0n) is 9.73. The highest BCUT2D eigenvalue weighted by Crippen LogP contribution is 2.24. The van der Waals surface area contributed by atoms with Crippen LogP contribution in [-0.4, -0.2) is 22.9 Å². The Balaban J connectivity index is 2.35. The van der Waals surface area contributed by atoms with Gasteiger partial charge in [0.05, 0.1) is 17.8 Å². The van der Waals surface area contributed by atoms with Crippen LogP contribution < -0.4 is 0 Å². The third kappa shape index (κ3) is 3.27. The van der Waals surface area contributed by atoms with E-state index in [2.05, 4.69) is 4.98 Å². The van der Waals surface area contributed by atoms with Gasteiger partial charge in [0.1, 0.15) is 0 Å². The summed E-state index contributed by atoms with van der Waals surface area (Å²) in [6.45, 7) is 0.0763. The predicted molar refractivity (Wildman–Crippen MR) is 72.5 cm³/mol. The van der Waals surface area contributed by atoms with Gasteiger partial charge in [0.15, 0.2) is 5.03 Å². The molecule has 106 valence electrons. The molecule has 0 aliphatic carbocycles. The van der Waals surface area contributed by atoms with Crippen molar-refractivity contribution >= 4 is 37.0 Å². The molecule has 0 spiro atoms. The first-order valence-electron chi connectivity index (χ1n) is 5.16. The Labute approximate surface area is 123 Å². The Morgan fingerprint density at radius 3 is 2.65 bits per heavy atom. The SMILES string of the molecule is O=[N+]([O-])c1cc(Cl)ccc1Cn1cnc(S(=O)(=O)Cl)c1. The Morgan fingerprint density at radius 1 is 1.40 bits per heavy atom. The van der Waals surface area contributed by atoms with Crippen LogP contribution in [0.5, 0.6) is 0 Å². The standard InChI is InChI=1S/C10H7Cl2N3O4S/c11-8-2-1-7(9(3-8)15(16)17)4-14-5-10(13-6-14)20(12,18)19/h1-3,5-6H,4H2. The van der Waals surface area contributed by atoms with Gasteiger partial charge >= 0.3 is 0 Å². The number of imidazole rings is 1. The lowest BCUT2D eigenvalue weighted by Gasteiger charge is -2.04. The monoisotopic (exact) mass is 335 g/mol. The van der Waals surface area contributed by atoms with Crippen molar-refractivity contribution in [2.75, 3.05) is 0 Å². The van der Waals surface area contributed by atoms with Crippen molar-refractivity contribution < 1.29 is 13.3 Å². The summed E-state index contributed by atoms with van der Waals surface area (Å²) in [5, 5.41) is 10.9. The lowest BCUT2D eigenvalue weighted by Crippen LogP contribution is -2.01. The third-order valence-electron chi connectivity index (χ3n) is 2.46. The molecule has 0 radical (unpaired) electrons. The van der Waals surface area contributed by atoms with Crippen LogP contribution in [0.4, 0.5) is 5.69 Å². The minimum Gasteiger partial charge on any atom is -0.331 e. The van der Waals surface area contributed by atoms with E-state index < -0.39 is 14.0 Å². The second kappa shape index (κ2) is 5.39. The van der Waals surface area contributed by atoms with E-state index in [4.69, 9.17) is 22.3 Å². The average Bonchev–Trinajstić information content (AvgIpc) is 2.79. The largest absolute Gasteiger partial charge is 0.331 e. The maximum Gasteiger partial charge on any atom is 0.280 e. The number of rotatable bonds is 4. The van der Waals surface area contributed by atoms with Gasteiger partial charge in [0.2, 0.25) is 0 Å². The summed E-state index contributed by atoms with van der Waals surface area (Å²) in [6.07, 6.45) is 2.42. The van der Waals surface area contributed by atoms with Gasteiger partial charge in [-0.25, -0.2) is 13.4 Å². The van der Waals surface area contributed by atoms with Crippen LogP contribution in [0.15, 0.2) is 35.7 Å². The van der Waals surface area contributed by atoms with E-state index in [1.54, 1.807) is 0 Å². The van der Waals surface area contributed by atoms with Crippen molar-refractivity contribution in [3.63, 3.8) is 0 Å². The number of benzene rings is 1. The summed E-state index contributed by atoms with van der Waals surface area (Å²) in [5.74, 6) is 0. The molecule has 0 aliphatic heterocycles. The molecule has 0 amide bonds. The number of halogens is 2. The molecule has 0 bridgehead atoms. The first-order valence-corrected chi connectivity index (χ1v) is 7.85. The summed E-state index contributed by atoms with van der Waals surface area (Å²) in [4.78, 5) is 14.0. The van der Waals surface area contributed by atoms with E-state index in [0.717, 1.165) is 0 Å². The van der Waals surface area contributed by atoms with Crippen LogP contribution >= 0.6 is 22.3 Å². The van der Waals surface area contributed by atoms with E-state index in [1.165, 1.54) is 35.3 Å². The van der Waals surface area contributed by atoms with Gasteiger partial charge in [0, 0.05) is 33.5 Å². The van der Waals surface area contributed by atoms with Gasteiger partial charge < -0.3 is 4.57 Å². The molecule has 0 unspecified atom stereocenters. The van der Waals surface area contributed by atoms with Crippen LogP contribution in [0.25, 0.3) is 0 Å². The van der Waals surface area contributed by atoms with Crippen LogP contribution in [0.3, 0.4) is 0 Å². The maximum absolute atomic E-state index is 11.1. The van der Waals surface area contributed by atoms with Gasteiger partial charge in [-0.05, 0) is 12.1 Å². The first kappa shape index (κ1) is 14.8. The Hall–Kier alpha value is -1.64. The Bertz CT molecular complexity index is 773. The highest BCUT2D eigenvalue weighted by Gasteiger charge is 2.17. The molecule has 2 rings (SSSR count). The molecular weight excluding hydrogens is 329 g/mol. The molecule has 1 aromatic heterocycles. The summed E-state index contributed by atoms with van der Waals surface area (Å²) >= 11 is 5.71. The van der Waals surface area contributed by atoms with Crippen molar-refractivity contribution in [3.8, 4) is 0 Å². The second-order valence-electron chi connectivity index (χ2n) is 3.85. The van der Waals surface area contributed by atoms with Crippen molar-refractivity contribution in [1.82, 2.24) is 9.55 Å². The molecule has 0 saturated heterocycles. The number of nitrogens with zero attached hydrogens (tertiary/aromatic N) is 3. The van der Waals surface area contributed by atoms with Crippen molar-refractivity contribution in [3.05, 3.63) is 51.4 Å². The molecular formula is C10H7Cl2N3O4S. The molecule has 2 aromatic rings. The molecule has 0 N–H and O–H groups in total. The quantitative estimate of drug-likeness (QED) is 0.485. The summed E-state index contributed by atoms with van der Waals surface area (Å²) in [7, 11) is 1.23. The molecule has 20 heavy (non-hydrogen) atoms. The van der Waals surface area contributed by atoms with Gasteiger partial charge in [-0.2, -0.15) is 0 Å². The minimum atomic E-state index is -3.92. The summed E-state index contributed by atoms with van der Waals surface area (Å²) in [6, 6.07) is 4.24. The lowest BCUT2D eigenvalue weighted by atomic mass is 10.2. The molecule has 7 nitrogen and oxygen atoms in total. The fourth-order valence-electron chi connectivity index (χ4n) is 1.59. The Kier molecular flexibility index (Phi) is 3.98. The van der Waals surface area contributed by atoms with Crippen LogP contribution in [-0.2, 0) is 15.6 Å². The first-order chi connectivity index (χ1) is 9.27. The van der Waals surface area contributed by atoms with E-state index in [-0.39, 0.29) is 22.3 Å². The summed E-state index contributed by atoms with van der Waals surface area (Å²) < 4.78 is 23.5. The average molecular weight is 336 g/mol. The van der Waals surface area contributed by atoms with Gasteiger partial charge in [-0.1, -0.05) is 11.6 Å². The van der Waals surface area contributed by atoms with Crippen LogP contribution in [0.2, 0.25) is 5.02 Å². The topological polar surface area (TPSA) is 95.1 Å². The van der Waals surface area contributed by atoms with Crippen LogP contribution in [0, 0.1) is 10.1 Å². The van der Waals surface area contributed by atoms with Crippen molar-refractivity contribution in [1.29, 1.82) is 0 Å². The minimum absolute atomic E-state index is 0.0763. The molecule has 0 aliphatic rings. The number of aromatic nitrogens is 2. The van der Waals surface area contributed by atoms with E-state index in [1.807, 2.05) is 0 Å². The van der Waals surface area contributed by atoms with Gasteiger partial charge in [-0.15, -0.1) is 0 Å². The molecule has 0 fully saturated rings. The molecule has 1 aromatic carbocycles. The normalized spacial score (nSPS) is 11.5. The highest BCUT2D eigenvalue weighted by molar-refractivity contribution is 8.13. The fourth-order valence-corrected chi connectivity index (χ4v) is 2.43. The molecule has 1 heterocycles. The number of nitro benzene ring substituents is 1. The van der Waals surface area contributed by atoms with Gasteiger partial charge in [-0.3, -0.25) is 10.1 Å². The number of hydrogen-bond donors (Lipinski definition) is 0. The smallest absolute Gasteiger partial charge is 0.280 e. The maximum atomic E-state index is 11.1. The van der Waals surface area contributed by atoms with Crippen molar-refractivity contribution in [2.24, 2.45) is 0 Å². The summed E-state index contributed by atoms with van der Waals surface area (Å²) in [5.41, 5.74) is 0.219. The van der Waals surface area contributed by atoms with Gasteiger partial charge in [0.25, 0.3) is 14.7 Å². The molecule has 10 heteroatoms. The molecule has 0 saturated carbocycles. The fraction of sp³-hybridized carbons (Fsp3) is 0.100. The number of hydrogen-bond acceptors (Lipinski definition) is 5. The van der Waals surface area contributed by atoms with E-state index in [0.29, 0.717) is 5.56 Å². The van der Waals surface area contributed by atoms with Crippen LogP contribution in [0.1, 0.15) is 5.56 Å².